The Morgan fingerprint density at radius 2 is 2.07 bits per heavy atom. The van der Waals surface area contributed by atoms with E-state index in [1.165, 1.54) is 18.2 Å². The molecule has 0 atom stereocenters. The molecule has 0 spiro atoms. The van der Waals surface area contributed by atoms with Crippen LogP contribution in [0, 0.1) is 5.82 Å². The highest BCUT2D eigenvalue weighted by molar-refractivity contribution is 9.10. The van der Waals surface area contributed by atoms with E-state index in [9.17, 15) is 14.0 Å². The van der Waals surface area contributed by atoms with E-state index in [0.29, 0.717) is 11.3 Å². The monoisotopic (exact) mass is 467 g/mol. The summed E-state index contributed by atoms with van der Waals surface area (Å²) in [4.78, 5) is 24.9. The van der Waals surface area contributed by atoms with Crippen LogP contribution in [0.25, 0.3) is 6.08 Å². The molecule has 0 bridgehead atoms. The molecule has 0 aromatic heterocycles. The molecule has 1 heterocycles. The molecule has 9 heteroatoms. The second-order valence-corrected chi connectivity index (χ2v) is 7.92. The van der Waals surface area contributed by atoms with Crippen LogP contribution in [0.2, 0.25) is 0 Å². The Kier molecular flexibility index (Phi) is 5.93. The first kappa shape index (κ1) is 19.5. The maximum Gasteiger partial charge on any atom is 0.341 e. The predicted molar refractivity (Wildman–Crippen MR) is 109 cm³/mol. The van der Waals surface area contributed by atoms with E-state index in [1.807, 2.05) is 0 Å². The van der Waals surface area contributed by atoms with E-state index in [0.717, 1.165) is 21.1 Å². The number of carboxylic acids is 1. The molecule has 1 saturated heterocycles. The summed E-state index contributed by atoms with van der Waals surface area (Å²) in [6, 6.07) is 10.8. The van der Waals surface area contributed by atoms with E-state index in [2.05, 4.69) is 15.9 Å². The van der Waals surface area contributed by atoms with Crippen LogP contribution >= 0.6 is 39.9 Å². The van der Waals surface area contributed by atoms with Gasteiger partial charge in [-0.05, 0) is 36.4 Å². The minimum absolute atomic E-state index is 0.0833. The number of para-hydroxylation sites is 1. The van der Waals surface area contributed by atoms with Gasteiger partial charge < -0.3 is 9.84 Å². The van der Waals surface area contributed by atoms with Gasteiger partial charge in [0.15, 0.2) is 10.9 Å². The third kappa shape index (κ3) is 4.37. The fourth-order valence-corrected chi connectivity index (χ4v) is 4.01. The second-order valence-electron chi connectivity index (χ2n) is 5.33. The molecule has 0 unspecified atom stereocenters. The molecule has 0 saturated carbocycles. The average Bonchev–Trinajstić information content (AvgIpc) is 2.88. The minimum atomic E-state index is -1.12. The third-order valence-electron chi connectivity index (χ3n) is 3.50. The topological polar surface area (TPSA) is 66.8 Å². The van der Waals surface area contributed by atoms with E-state index in [4.69, 9.17) is 22.1 Å². The summed E-state index contributed by atoms with van der Waals surface area (Å²) >= 11 is 9.61. The van der Waals surface area contributed by atoms with Gasteiger partial charge >= 0.3 is 5.97 Å². The first-order valence-corrected chi connectivity index (χ1v) is 9.55. The lowest BCUT2D eigenvalue weighted by atomic mass is 10.2. The summed E-state index contributed by atoms with van der Waals surface area (Å²) in [6.45, 7) is -0.515. The van der Waals surface area contributed by atoms with Crippen LogP contribution in [0.15, 0.2) is 51.8 Å². The molecule has 3 rings (SSSR count). The molecular weight excluding hydrogens is 457 g/mol. The van der Waals surface area contributed by atoms with Crippen LogP contribution in [-0.4, -0.2) is 27.9 Å². The van der Waals surface area contributed by atoms with Crippen molar-refractivity contribution in [2.75, 3.05) is 11.5 Å². The summed E-state index contributed by atoms with van der Waals surface area (Å²) in [6.07, 6.45) is 1.54. The SMILES string of the molecule is O=C(O)COc1ccc(Br)cc1/C=C1\SC(=S)N(c2ccccc2F)C1=O. The number of thiocarbonyl (C=S) groups is 1. The number of ether oxygens (including phenoxy) is 1. The number of carboxylic acid groups (broad SMARTS) is 1. The van der Waals surface area contributed by atoms with Crippen molar-refractivity contribution in [3.8, 4) is 5.75 Å². The van der Waals surface area contributed by atoms with Crippen molar-refractivity contribution in [2.24, 2.45) is 0 Å². The lowest BCUT2D eigenvalue weighted by Crippen LogP contribution is -2.28. The molecule has 138 valence electrons. The highest BCUT2D eigenvalue weighted by Gasteiger charge is 2.34. The highest BCUT2D eigenvalue weighted by Crippen LogP contribution is 2.38. The van der Waals surface area contributed by atoms with Crippen LogP contribution in [-0.2, 0) is 9.59 Å². The first-order valence-electron chi connectivity index (χ1n) is 7.53. The number of thioether (sulfide) groups is 1. The maximum atomic E-state index is 14.1. The van der Waals surface area contributed by atoms with Gasteiger partial charge in [0.05, 0.1) is 10.6 Å². The van der Waals surface area contributed by atoms with Crippen LogP contribution in [0.3, 0.4) is 0 Å². The molecular formula is C18H11BrFNO4S2. The summed E-state index contributed by atoms with van der Waals surface area (Å²) in [5.74, 6) is -1.83. The summed E-state index contributed by atoms with van der Waals surface area (Å²) in [7, 11) is 0. The summed E-state index contributed by atoms with van der Waals surface area (Å²) in [5.41, 5.74) is 0.583. The second kappa shape index (κ2) is 8.20. The number of halogens is 2. The molecule has 1 fully saturated rings. The van der Waals surface area contributed by atoms with Crippen molar-refractivity contribution in [3.05, 3.63) is 63.2 Å². The van der Waals surface area contributed by atoms with Crippen molar-refractivity contribution in [1.29, 1.82) is 0 Å². The molecule has 1 aliphatic rings. The quantitative estimate of drug-likeness (QED) is 0.517. The number of benzene rings is 2. The van der Waals surface area contributed by atoms with E-state index >= 15 is 0 Å². The van der Waals surface area contributed by atoms with Gasteiger partial charge in [0.25, 0.3) is 5.91 Å². The number of amides is 1. The van der Waals surface area contributed by atoms with Crippen LogP contribution in [0.1, 0.15) is 5.56 Å². The molecule has 2 aromatic rings. The molecule has 2 aromatic carbocycles. The lowest BCUT2D eigenvalue weighted by Gasteiger charge is -2.15. The van der Waals surface area contributed by atoms with Crippen molar-refractivity contribution in [2.45, 2.75) is 0 Å². The summed E-state index contributed by atoms with van der Waals surface area (Å²) < 4.78 is 20.3. The Bertz CT molecular complexity index is 980. The zero-order valence-corrected chi connectivity index (χ0v) is 16.7. The van der Waals surface area contributed by atoms with Gasteiger partial charge in [-0.2, -0.15) is 0 Å². The number of nitrogens with zero attached hydrogens (tertiary/aromatic N) is 1. The molecule has 1 aliphatic heterocycles. The lowest BCUT2D eigenvalue weighted by molar-refractivity contribution is -0.139. The summed E-state index contributed by atoms with van der Waals surface area (Å²) in [5, 5.41) is 8.80. The van der Waals surface area contributed by atoms with Crippen LogP contribution in [0.4, 0.5) is 10.1 Å². The molecule has 27 heavy (non-hydrogen) atoms. The zero-order valence-electron chi connectivity index (χ0n) is 13.5. The van der Waals surface area contributed by atoms with Gasteiger partial charge in [-0.1, -0.05) is 52.0 Å². The highest BCUT2D eigenvalue weighted by atomic mass is 79.9. The Morgan fingerprint density at radius 1 is 1.33 bits per heavy atom. The normalized spacial score (nSPS) is 15.5. The van der Waals surface area contributed by atoms with Crippen LogP contribution < -0.4 is 9.64 Å². The first-order chi connectivity index (χ1) is 12.9. The van der Waals surface area contributed by atoms with Gasteiger partial charge in [0, 0.05) is 10.0 Å². The maximum absolute atomic E-state index is 14.1. The number of rotatable bonds is 5. The minimum Gasteiger partial charge on any atom is -0.481 e. The molecule has 1 amide bonds. The number of hydrogen-bond donors (Lipinski definition) is 1. The number of hydrogen-bond acceptors (Lipinski definition) is 5. The Labute approximate surface area is 171 Å². The van der Waals surface area contributed by atoms with Gasteiger partial charge in [0.2, 0.25) is 0 Å². The Morgan fingerprint density at radius 3 is 2.78 bits per heavy atom. The van der Waals surface area contributed by atoms with E-state index in [1.54, 1.807) is 30.3 Å². The molecule has 5 nitrogen and oxygen atoms in total. The molecule has 1 N–H and O–H groups in total. The molecule has 0 aliphatic carbocycles. The van der Waals surface area contributed by atoms with Crippen molar-refractivity contribution in [3.63, 3.8) is 0 Å². The van der Waals surface area contributed by atoms with E-state index in [-0.39, 0.29) is 14.9 Å². The van der Waals surface area contributed by atoms with Gasteiger partial charge in [-0.3, -0.25) is 9.69 Å². The number of carbonyl (C=O) groups is 2. The average molecular weight is 468 g/mol. The fourth-order valence-electron chi connectivity index (χ4n) is 2.35. The number of aliphatic carboxylic acids is 1. The van der Waals surface area contributed by atoms with Crippen LogP contribution in [0.5, 0.6) is 5.75 Å². The molecule has 0 radical (unpaired) electrons. The number of carbonyl (C=O) groups excluding carboxylic acids is 1. The van der Waals surface area contributed by atoms with Crippen molar-refractivity contribution < 1.29 is 23.8 Å². The predicted octanol–water partition coefficient (Wildman–Crippen LogP) is 4.46. The number of anilines is 1. The van der Waals surface area contributed by atoms with Gasteiger partial charge in [-0.15, -0.1) is 0 Å². The van der Waals surface area contributed by atoms with Gasteiger partial charge in [-0.25, -0.2) is 9.18 Å². The van der Waals surface area contributed by atoms with E-state index < -0.39 is 24.3 Å². The van der Waals surface area contributed by atoms with Gasteiger partial charge in [0.1, 0.15) is 11.6 Å². The van der Waals surface area contributed by atoms with Crippen molar-refractivity contribution >= 4 is 67.9 Å². The Hall–Kier alpha value is -2.23. The fraction of sp³-hybridized carbons (Fsp3) is 0.0556. The standard InChI is InChI=1S/C18H11BrFNO4S2/c19-11-5-6-14(25-9-16(22)23)10(7-11)8-15-17(24)21(18(26)27-15)13-4-2-1-3-12(13)20/h1-8H,9H2,(H,22,23)/b15-8-. The third-order valence-corrected chi connectivity index (χ3v) is 5.29. The smallest absolute Gasteiger partial charge is 0.341 e. The van der Waals surface area contributed by atoms with Crippen molar-refractivity contribution in [1.82, 2.24) is 0 Å². The zero-order chi connectivity index (χ0) is 19.6. The Balaban J connectivity index is 1.96. The largest absolute Gasteiger partial charge is 0.481 e.